The van der Waals surface area contributed by atoms with Crippen LogP contribution < -0.4 is 0 Å². The van der Waals surface area contributed by atoms with Gasteiger partial charge in [-0.25, -0.2) is 4.39 Å². The molecule has 0 N–H and O–H groups in total. The van der Waals surface area contributed by atoms with E-state index in [1.807, 2.05) is 19.1 Å². The molecule has 0 bridgehead atoms. The number of halogens is 1. The summed E-state index contributed by atoms with van der Waals surface area (Å²) < 4.78 is 20.2. The van der Waals surface area contributed by atoms with Gasteiger partial charge < -0.3 is 9.30 Å². The van der Waals surface area contributed by atoms with E-state index in [1.54, 1.807) is 12.1 Å². The van der Waals surface area contributed by atoms with Gasteiger partial charge in [0.15, 0.2) is 0 Å². The Morgan fingerprint density at radius 2 is 1.88 bits per heavy atom. The summed E-state index contributed by atoms with van der Waals surface area (Å²) in [5.41, 5.74) is 3.27. The third-order valence-electron chi connectivity index (χ3n) is 4.04. The molecule has 0 spiro atoms. The summed E-state index contributed by atoms with van der Waals surface area (Å²) in [6.45, 7) is 2.89. The van der Waals surface area contributed by atoms with Crippen molar-refractivity contribution in [2.24, 2.45) is 0 Å². The van der Waals surface area contributed by atoms with E-state index in [1.165, 1.54) is 12.1 Å². The Morgan fingerprint density at radius 3 is 2.62 bits per heavy atom. The minimum absolute atomic E-state index is 0.173. The zero-order valence-corrected chi connectivity index (χ0v) is 13.7. The summed E-state index contributed by atoms with van der Waals surface area (Å²) in [4.78, 5) is 11.6. The van der Waals surface area contributed by atoms with E-state index in [0.717, 1.165) is 22.0 Å². The predicted octanol–water partition coefficient (Wildman–Crippen LogP) is 4.32. The van der Waals surface area contributed by atoms with Crippen molar-refractivity contribution in [2.45, 2.75) is 26.3 Å². The van der Waals surface area contributed by atoms with E-state index in [4.69, 9.17) is 4.74 Å². The summed E-state index contributed by atoms with van der Waals surface area (Å²) in [6, 6.07) is 14.7. The lowest BCUT2D eigenvalue weighted by atomic mass is 10.1. The van der Waals surface area contributed by atoms with Crippen LogP contribution >= 0.6 is 0 Å². The van der Waals surface area contributed by atoms with Gasteiger partial charge in [-0.15, -0.1) is 0 Å². The number of hydrogen-bond donors (Lipinski definition) is 0. The summed E-state index contributed by atoms with van der Waals surface area (Å²) in [5.74, 6) is -0.404. The molecule has 4 heteroatoms. The number of esters is 1. The average Bonchev–Trinajstić information content (AvgIpc) is 2.93. The zero-order chi connectivity index (χ0) is 16.9. The van der Waals surface area contributed by atoms with Gasteiger partial charge in [-0.2, -0.15) is 0 Å². The molecule has 3 rings (SSSR count). The van der Waals surface area contributed by atoms with Gasteiger partial charge >= 0.3 is 5.97 Å². The Labute approximate surface area is 140 Å². The molecule has 0 fully saturated rings. The molecule has 3 nitrogen and oxygen atoms in total. The van der Waals surface area contributed by atoms with Crippen molar-refractivity contribution in [1.82, 2.24) is 4.57 Å². The second-order valence-electron chi connectivity index (χ2n) is 5.73. The highest BCUT2D eigenvalue weighted by molar-refractivity contribution is 5.84. The normalized spacial score (nSPS) is 10.9. The highest BCUT2D eigenvalue weighted by atomic mass is 19.1. The minimum atomic E-state index is -0.230. The van der Waals surface area contributed by atoms with Gasteiger partial charge in [0, 0.05) is 30.1 Å². The standard InChI is InChI=1S/C20H20FNO2/c1-2-24-20(23)12-9-16-14-22(19-6-4-3-5-18(16)19)13-15-7-10-17(21)11-8-15/h3-8,10-11,14H,2,9,12-13H2,1H3. The van der Waals surface area contributed by atoms with Crippen LogP contribution in [-0.4, -0.2) is 17.1 Å². The Balaban J connectivity index is 1.85. The van der Waals surface area contributed by atoms with Crippen molar-refractivity contribution in [1.29, 1.82) is 0 Å². The maximum absolute atomic E-state index is 13.1. The van der Waals surface area contributed by atoms with Crippen molar-refractivity contribution in [3.8, 4) is 0 Å². The molecule has 0 unspecified atom stereocenters. The third kappa shape index (κ3) is 3.65. The van der Waals surface area contributed by atoms with Crippen molar-refractivity contribution >= 4 is 16.9 Å². The molecule has 0 saturated carbocycles. The van der Waals surface area contributed by atoms with Gasteiger partial charge in [-0.05, 0) is 42.7 Å². The van der Waals surface area contributed by atoms with E-state index in [0.29, 0.717) is 26.0 Å². The molecular formula is C20H20FNO2. The van der Waals surface area contributed by atoms with Crippen LogP contribution in [0.5, 0.6) is 0 Å². The zero-order valence-electron chi connectivity index (χ0n) is 13.7. The third-order valence-corrected chi connectivity index (χ3v) is 4.04. The quantitative estimate of drug-likeness (QED) is 0.632. The highest BCUT2D eigenvalue weighted by Crippen LogP contribution is 2.23. The maximum atomic E-state index is 13.1. The lowest BCUT2D eigenvalue weighted by molar-refractivity contribution is -0.143. The fraction of sp³-hybridized carbons (Fsp3) is 0.250. The van der Waals surface area contributed by atoms with E-state index in [2.05, 4.69) is 22.9 Å². The number of carbonyl (C=O) groups is 1. The fourth-order valence-electron chi connectivity index (χ4n) is 2.91. The SMILES string of the molecule is CCOC(=O)CCc1cn(Cc2ccc(F)cc2)c2ccccc12. The Morgan fingerprint density at radius 1 is 1.12 bits per heavy atom. The first-order chi connectivity index (χ1) is 11.7. The van der Waals surface area contributed by atoms with Crippen LogP contribution in [0.1, 0.15) is 24.5 Å². The van der Waals surface area contributed by atoms with Gasteiger partial charge in [0.05, 0.1) is 6.61 Å². The first-order valence-electron chi connectivity index (χ1n) is 8.14. The molecule has 0 saturated heterocycles. The summed E-state index contributed by atoms with van der Waals surface area (Å²) in [6.07, 6.45) is 3.10. The molecule has 0 aliphatic carbocycles. The van der Waals surface area contributed by atoms with Crippen molar-refractivity contribution in [2.75, 3.05) is 6.61 Å². The van der Waals surface area contributed by atoms with Crippen LogP contribution in [0.3, 0.4) is 0 Å². The number of ether oxygens (including phenoxy) is 1. The summed E-state index contributed by atoms with van der Waals surface area (Å²) in [5, 5.41) is 1.14. The summed E-state index contributed by atoms with van der Waals surface area (Å²) >= 11 is 0. The molecular weight excluding hydrogens is 305 g/mol. The number of nitrogens with zero attached hydrogens (tertiary/aromatic N) is 1. The van der Waals surface area contributed by atoms with Crippen LogP contribution in [0.25, 0.3) is 10.9 Å². The topological polar surface area (TPSA) is 31.2 Å². The minimum Gasteiger partial charge on any atom is -0.466 e. The van der Waals surface area contributed by atoms with Crippen molar-refractivity contribution in [3.05, 3.63) is 71.7 Å². The molecule has 2 aromatic carbocycles. The number of benzene rings is 2. The number of rotatable bonds is 6. The maximum Gasteiger partial charge on any atom is 0.306 e. The van der Waals surface area contributed by atoms with Crippen LogP contribution in [0.4, 0.5) is 4.39 Å². The number of fused-ring (bicyclic) bond motifs is 1. The largest absolute Gasteiger partial charge is 0.466 e. The molecule has 0 radical (unpaired) electrons. The average molecular weight is 325 g/mol. The first kappa shape index (κ1) is 16.2. The van der Waals surface area contributed by atoms with Crippen LogP contribution in [-0.2, 0) is 22.5 Å². The van der Waals surface area contributed by atoms with Crippen LogP contribution in [0, 0.1) is 5.82 Å². The fourth-order valence-corrected chi connectivity index (χ4v) is 2.91. The Bertz CT molecular complexity index is 836. The molecule has 0 aliphatic heterocycles. The molecule has 0 aliphatic rings. The number of aromatic nitrogens is 1. The Hall–Kier alpha value is -2.62. The highest BCUT2D eigenvalue weighted by Gasteiger charge is 2.11. The van der Waals surface area contributed by atoms with Gasteiger partial charge in [-0.3, -0.25) is 4.79 Å². The van der Waals surface area contributed by atoms with Gasteiger partial charge in [0.1, 0.15) is 5.82 Å². The smallest absolute Gasteiger partial charge is 0.306 e. The lowest BCUT2D eigenvalue weighted by Gasteiger charge is -2.05. The van der Waals surface area contributed by atoms with Crippen molar-refractivity contribution in [3.63, 3.8) is 0 Å². The van der Waals surface area contributed by atoms with Gasteiger partial charge in [-0.1, -0.05) is 30.3 Å². The molecule has 1 aromatic heterocycles. The molecule has 24 heavy (non-hydrogen) atoms. The number of para-hydroxylation sites is 1. The second kappa shape index (κ2) is 7.30. The van der Waals surface area contributed by atoms with Gasteiger partial charge in [0.2, 0.25) is 0 Å². The molecule has 3 aromatic rings. The number of carbonyl (C=O) groups excluding carboxylic acids is 1. The predicted molar refractivity (Wildman–Crippen MR) is 92.4 cm³/mol. The van der Waals surface area contributed by atoms with Crippen LogP contribution in [0.15, 0.2) is 54.7 Å². The second-order valence-corrected chi connectivity index (χ2v) is 5.73. The van der Waals surface area contributed by atoms with E-state index < -0.39 is 0 Å². The molecule has 124 valence electrons. The monoisotopic (exact) mass is 325 g/mol. The molecule has 0 amide bonds. The molecule has 0 atom stereocenters. The van der Waals surface area contributed by atoms with E-state index in [-0.39, 0.29) is 11.8 Å². The van der Waals surface area contributed by atoms with Crippen LogP contribution in [0.2, 0.25) is 0 Å². The first-order valence-corrected chi connectivity index (χ1v) is 8.14. The summed E-state index contributed by atoms with van der Waals surface area (Å²) in [7, 11) is 0. The van der Waals surface area contributed by atoms with E-state index in [9.17, 15) is 9.18 Å². The number of hydrogen-bond acceptors (Lipinski definition) is 2. The Kier molecular flexibility index (Phi) is 4.94. The number of aryl methyl sites for hydroxylation is 1. The lowest BCUT2D eigenvalue weighted by Crippen LogP contribution is -2.05. The van der Waals surface area contributed by atoms with E-state index >= 15 is 0 Å². The van der Waals surface area contributed by atoms with Crippen molar-refractivity contribution < 1.29 is 13.9 Å². The van der Waals surface area contributed by atoms with Gasteiger partial charge in [0.25, 0.3) is 0 Å². The molecule has 1 heterocycles.